The lowest BCUT2D eigenvalue weighted by atomic mass is 9.93. The van der Waals surface area contributed by atoms with Gasteiger partial charge < -0.3 is 14.2 Å². The fourth-order valence-corrected chi connectivity index (χ4v) is 2.30. The van der Waals surface area contributed by atoms with Crippen molar-refractivity contribution < 1.29 is 32.2 Å². The van der Waals surface area contributed by atoms with Crippen LogP contribution in [0.1, 0.15) is 33.3 Å². The van der Waals surface area contributed by atoms with Crippen molar-refractivity contribution in [3.8, 4) is 0 Å². The Bertz CT molecular complexity index is 593. The van der Waals surface area contributed by atoms with Crippen LogP contribution in [0.15, 0.2) is 43.0 Å². The molecule has 0 aromatic heterocycles. The molecule has 146 valence electrons. The van der Waals surface area contributed by atoms with Gasteiger partial charge in [-0.25, -0.2) is 4.79 Å². The van der Waals surface area contributed by atoms with Gasteiger partial charge in [0.05, 0.1) is 18.8 Å². The van der Waals surface area contributed by atoms with Gasteiger partial charge in [0, 0.05) is 0 Å². The first kappa shape index (κ1) is 22.2. The van der Waals surface area contributed by atoms with E-state index >= 15 is 0 Å². The van der Waals surface area contributed by atoms with Crippen LogP contribution in [0.2, 0.25) is 0 Å². The minimum Gasteiger partial charge on any atom is -0.464 e. The van der Waals surface area contributed by atoms with Crippen molar-refractivity contribution in [3.63, 3.8) is 0 Å². The van der Waals surface area contributed by atoms with Gasteiger partial charge in [0.2, 0.25) is 0 Å². The average molecular weight is 374 g/mol. The molecule has 0 aliphatic carbocycles. The summed E-state index contributed by atoms with van der Waals surface area (Å²) in [5.74, 6) is -1.56. The summed E-state index contributed by atoms with van der Waals surface area (Å²) in [6.07, 6.45) is -5.95. The van der Waals surface area contributed by atoms with Gasteiger partial charge in [-0.3, -0.25) is 0 Å². The number of hydrogen-bond donors (Lipinski definition) is 0. The standard InChI is InChI=1S/C19H25F3O4/c1-6-15(26-17(3,4)5)18(19(20,21)22,16(23)24-7-2)25-13-14-11-9-8-10-12-14/h6,8-12,15H,1,7,13H2,2-5H3. The molecule has 26 heavy (non-hydrogen) atoms. The van der Waals surface area contributed by atoms with E-state index in [9.17, 15) is 18.0 Å². The second-order valence-electron chi connectivity index (χ2n) is 6.61. The zero-order valence-corrected chi connectivity index (χ0v) is 15.4. The van der Waals surface area contributed by atoms with Crippen LogP contribution in [0.3, 0.4) is 0 Å². The molecule has 0 heterocycles. The Kier molecular flexibility index (Phi) is 7.41. The van der Waals surface area contributed by atoms with Crippen molar-refractivity contribution in [3.05, 3.63) is 48.6 Å². The molecular weight excluding hydrogens is 349 g/mol. The second kappa shape index (κ2) is 8.68. The van der Waals surface area contributed by atoms with Crippen molar-refractivity contribution >= 4 is 5.97 Å². The lowest BCUT2D eigenvalue weighted by Gasteiger charge is -2.40. The Hall–Kier alpha value is -1.86. The summed E-state index contributed by atoms with van der Waals surface area (Å²) in [6, 6.07) is 8.24. The van der Waals surface area contributed by atoms with E-state index in [1.807, 2.05) is 0 Å². The summed E-state index contributed by atoms with van der Waals surface area (Å²) < 4.78 is 57.7. The van der Waals surface area contributed by atoms with E-state index in [-0.39, 0.29) is 6.61 Å². The van der Waals surface area contributed by atoms with Crippen LogP contribution >= 0.6 is 0 Å². The van der Waals surface area contributed by atoms with Crippen LogP contribution < -0.4 is 0 Å². The predicted octanol–water partition coefficient (Wildman–Crippen LogP) is 4.44. The highest BCUT2D eigenvalue weighted by Crippen LogP contribution is 2.41. The zero-order valence-electron chi connectivity index (χ0n) is 15.4. The minimum absolute atomic E-state index is 0.231. The Morgan fingerprint density at radius 3 is 2.19 bits per heavy atom. The summed E-state index contributed by atoms with van der Waals surface area (Å²) in [5.41, 5.74) is -3.82. The summed E-state index contributed by atoms with van der Waals surface area (Å²) in [5, 5.41) is 0. The van der Waals surface area contributed by atoms with Gasteiger partial charge in [0.1, 0.15) is 6.10 Å². The smallest absolute Gasteiger partial charge is 0.431 e. The number of rotatable bonds is 8. The number of benzene rings is 1. The van der Waals surface area contributed by atoms with Crippen molar-refractivity contribution in [2.24, 2.45) is 0 Å². The van der Waals surface area contributed by atoms with Crippen LogP contribution in [-0.4, -0.2) is 36.1 Å². The minimum atomic E-state index is -5.09. The lowest BCUT2D eigenvalue weighted by Crippen LogP contribution is -2.63. The summed E-state index contributed by atoms with van der Waals surface area (Å²) in [6.45, 7) is 8.88. The Balaban J connectivity index is 3.38. The number of alkyl halides is 3. The zero-order chi connectivity index (χ0) is 20.0. The van der Waals surface area contributed by atoms with Crippen LogP contribution in [0, 0.1) is 0 Å². The van der Waals surface area contributed by atoms with E-state index in [0.717, 1.165) is 6.08 Å². The molecule has 2 unspecified atom stereocenters. The van der Waals surface area contributed by atoms with E-state index < -0.39 is 36.1 Å². The maximum absolute atomic E-state index is 14.1. The number of ether oxygens (including phenoxy) is 3. The van der Waals surface area contributed by atoms with E-state index in [4.69, 9.17) is 14.2 Å². The molecule has 1 rings (SSSR count). The average Bonchev–Trinajstić information content (AvgIpc) is 2.53. The first-order valence-corrected chi connectivity index (χ1v) is 8.20. The Morgan fingerprint density at radius 1 is 1.19 bits per heavy atom. The molecule has 7 heteroatoms. The van der Waals surface area contributed by atoms with E-state index in [1.165, 1.54) is 6.92 Å². The second-order valence-corrected chi connectivity index (χ2v) is 6.61. The Morgan fingerprint density at radius 2 is 1.77 bits per heavy atom. The molecule has 1 aromatic rings. The largest absolute Gasteiger partial charge is 0.464 e. The van der Waals surface area contributed by atoms with Gasteiger partial charge in [-0.1, -0.05) is 36.4 Å². The molecule has 0 saturated carbocycles. The third-order valence-corrected chi connectivity index (χ3v) is 3.40. The molecule has 2 atom stereocenters. The summed E-state index contributed by atoms with van der Waals surface area (Å²) >= 11 is 0. The maximum atomic E-state index is 14.1. The first-order valence-electron chi connectivity index (χ1n) is 8.20. The fourth-order valence-electron chi connectivity index (χ4n) is 2.30. The number of carbonyl (C=O) groups is 1. The third-order valence-electron chi connectivity index (χ3n) is 3.40. The molecule has 0 amide bonds. The normalized spacial score (nSPS) is 15.8. The van der Waals surface area contributed by atoms with Crippen LogP contribution in [0.5, 0.6) is 0 Å². The van der Waals surface area contributed by atoms with E-state index in [2.05, 4.69) is 6.58 Å². The van der Waals surface area contributed by atoms with E-state index in [1.54, 1.807) is 51.1 Å². The molecule has 0 aliphatic rings. The Labute approximate surface area is 151 Å². The van der Waals surface area contributed by atoms with Crippen LogP contribution in [0.25, 0.3) is 0 Å². The van der Waals surface area contributed by atoms with Crippen molar-refractivity contribution in [2.45, 2.75) is 57.8 Å². The summed E-state index contributed by atoms with van der Waals surface area (Å²) in [7, 11) is 0. The van der Waals surface area contributed by atoms with Gasteiger partial charge in [0.15, 0.2) is 0 Å². The SMILES string of the molecule is C=CC(OC(C)(C)C)C(OCc1ccccc1)(C(=O)OCC)C(F)(F)F. The molecular formula is C19H25F3O4. The van der Waals surface area contributed by atoms with Crippen LogP contribution in [-0.2, 0) is 25.6 Å². The van der Waals surface area contributed by atoms with Gasteiger partial charge in [0.25, 0.3) is 5.60 Å². The molecule has 0 fully saturated rings. The molecule has 0 saturated heterocycles. The molecule has 0 N–H and O–H groups in total. The number of esters is 1. The van der Waals surface area contributed by atoms with Gasteiger partial charge >= 0.3 is 12.1 Å². The lowest BCUT2D eigenvalue weighted by molar-refractivity contribution is -0.311. The number of carbonyl (C=O) groups excluding carboxylic acids is 1. The molecule has 0 aliphatic heterocycles. The predicted molar refractivity (Wildman–Crippen MR) is 91.5 cm³/mol. The maximum Gasteiger partial charge on any atom is 0.431 e. The quantitative estimate of drug-likeness (QED) is 0.499. The highest BCUT2D eigenvalue weighted by atomic mass is 19.4. The van der Waals surface area contributed by atoms with Crippen LogP contribution in [0.4, 0.5) is 13.2 Å². The van der Waals surface area contributed by atoms with Crippen molar-refractivity contribution in [1.29, 1.82) is 0 Å². The topological polar surface area (TPSA) is 44.8 Å². The third kappa shape index (κ3) is 5.32. The molecule has 0 spiro atoms. The highest BCUT2D eigenvalue weighted by Gasteiger charge is 2.68. The number of hydrogen-bond acceptors (Lipinski definition) is 4. The van der Waals surface area contributed by atoms with Gasteiger partial charge in [-0.2, -0.15) is 13.2 Å². The van der Waals surface area contributed by atoms with Crippen molar-refractivity contribution in [2.75, 3.05) is 6.61 Å². The fraction of sp³-hybridized carbons (Fsp3) is 0.526. The van der Waals surface area contributed by atoms with Gasteiger partial charge in [-0.15, -0.1) is 6.58 Å². The summed E-state index contributed by atoms with van der Waals surface area (Å²) in [4.78, 5) is 12.4. The van der Waals surface area contributed by atoms with Crippen molar-refractivity contribution in [1.82, 2.24) is 0 Å². The molecule has 1 aromatic carbocycles. The monoisotopic (exact) mass is 374 g/mol. The highest BCUT2D eigenvalue weighted by molar-refractivity contribution is 5.82. The number of halogens is 3. The molecule has 4 nitrogen and oxygen atoms in total. The molecule has 0 bridgehead atoms. The van der Waals surface area contributed by atoms with Gasteiger partial charge in [-0.05, 0) is 33.3 Å². The first-order chi connectivity index (χ1) is 12.0. The van der Waals surface area contributed by atoms with E-state index in [0.29, 0.717) is 5.56 Å². The molecule has 0 radical (unpaired) electrons.